The molecule has 0 unspecified atom stereocenters. The van der Waals surface area contributed by atoms with Crippen LogP contribution in [0.5, 0.6) is 0 Å². The van der Waals surface area contributed by atoms with Gasteiger partial charge in [-0.15, -0.1) is 0 Å². The van der Waals surface area contributed by atoms with Crippen LogP contribution < -0.4 is 5.32 Å². The van der Waals surface area contributed by atoms with Crippen molar-refractivity contribution in [3.05, 3.63) is 70.9 Å². The van der Waals surface area contributed by atoms with Crippen molar-refractivity contribution in [3.8, 4) is 11.3 Å². The first-order valence-corrected chi connectivity index (χ1v) is 12.7. The van der Waals surface area contributed by atoms with E-state index in [2.05, 4.69) is 36.2 Å². The molecule has 33 heavy (non-hydrogen) atoms. The summed E-state index contributed by atoms with van der Waals surface area (Å²) in [4.78, 5) is 4.38. The first kappa shape index (κ1) is 25.4. The molecule has 0 aliphatic heterocycles. The molecule has 0 amide bonds. The topological polar surface area (TPSA) is 46.0 Å². The molecule has 0 aliphatic rings. The standard InChI is InChI=1S/C27H38ClN5/c1-3-5-18-32(19-6-4-2)20-12-17-29-21-26-27(23-13-8-7-9-14-23)31-33(30-26)22-24-15-10-11-16-25(24)28/h7-11,13-16,29H,3-6,12,17-22H2,1-2H3. The number of nitrogens with zero attached hydrogens (tertiary/aromatic N) is 4. The molecule has 1 heterocycles. The summed E-state index contributed by atoms with van der Waals surface area (Å²) in [7, 11) is 0. The van der Waals surface area contributed by atoms with Gasteiger partial charge in [-0.2, -0.15) is 15.0 Å². The molecule has 0 aliphatic carbocycles. The molecule has 3 rings (SSSR count). The second-order valence-corrected chi connectivity index (χ2v) is 8.97. The molecule has 6 heteroatoms. The predicted molar refractivity (Wildman–Crippen MR) is 139 cm³/mol. The van der Waals surface area contributed by atoms with E-state index in [1.165, 1.54) is 38.8 Å². The average molecular weight is 468 g/mol. The molecular weight excluding hydrogens is 430 g/mol. The number of hydrogen-bond donors (Lipinski definition) is 1. The Morgan fingerprint density at radius 1 is 0.848 bits per heavy atom. The summed E-state index contributed by atoms with van der Waals surface area (Å²) in [5, 5.41) is 14.0. The van der Waals surface area contributed by atoms with Crippen molar-refractivity contribution < 1.29 is 0 Å². The Morgan fingerprint density at radius 3 is 2.21 bits per heavy atom. The fraction of sp³-hybridized carbons (Fsp3) is 0.481. The Balaban J connectivity index is 1.60. The number of aromatic nitrogens is 3. The molecule has 0 atom stereocenters. The number of halogens is 1. The van der Waals surface area contributed by atoms with Crippen molar-refractivity contribution in [1.29, 1.82) is 0 Å². The number of unbranched alkanes of at least 4 members (excludes halogenated alkanes) is 2. The fourth-order valence-electron chi connectivity index (χ4n) is 3.90. The highest BCUT2D eigenvalue weighted by Gasteiger charge is 2.14. The minimum Gasteiger partial charge on any atom is -0.311 e. The Hall–Kier alpha value is -2.21. The summed E-state index contributed by atoms with van der Waals surface area (Å²) in [6.45, 7) is 10.3. The molecule has 178 valence electrons. The number of rotatable bonds is 15. The van der Waals surface area contributed by atoms with Gasteiger partial charge in [0, 0.05) is 17.1 Å². The molecule has 1 N–H and O–H groups in total. The zero-order valence-corrected chi connectivity index (χ0v) is 20.9. The van der Waals surface area contributed by atoms with Gasteiger partial charge in [-0.3, -0.25) is 0 Å². The Morgan fingerprint density at radius 2 is 1.52 bits per heavy atom. The SMILES string of the molecule is CCCCN(CCCC)CCCNCc1nn(Cc2ccccc2Cl)nc1-c1ccccc1. The molecule has 5 nitrogen and oxygen atoms in total. The summed E-state index contributed by atoms with van der Waals surface area (Å²) in [6.07, 6.45) is 6.22. The smallest absolute Gasteiger partial charge is 0.117 e. The second kappa shape index (κ2) is 14.1. The van der Waals surface area contributed by atoms with Crippen LogP contribution in [0.25, 0.3) is 11.3 Å². The molecule has 1 aromatic heterocycles. The summed E-state index contributed by atoms with van der Waals surface area (Å²) in [5.74, 6) is 0. The van der Waals surface area contributed by atoms with E-state index < -0.39 is 0 Å². The fourth-order valence-corrected chi connectivity index (χ4v) is 4.10. The molecule has 2 aromatic carbocycles. The third-order valence-corrected chi connectivity index (χ3v) is 6.19. The van der Waals surface area contributed by atoms with Crippen LogP contribution in [-0.2, 0) is 13.1 Å². The van der Waals surface area contributed by atoms with Crippen molar-refractivity contribution in [3.63, 3.8) is 0 Å². The maximum atomic E-state index is 6.36. The van der Waals surface area contributed by atoms with Gasteiger partial charge in [0.2, 0.25) is 0 Å². The first-order valence-electron chi connectivity index (χ1n) is 12.4. The van der Waals surface area contributed by atoms with Crippen molar-refractivity contribution >= 4 is 11.6 Å². The zero-order chi connectivity index (χ0) is 23.3. The van der Waals surface area contributed by atoms with E-state index in [0.717, 1.165) is 47.0 Å². The van der Waals surface area contributed by atoms with Gasteiger partial charge in [-0.25, -0.2) is 0 Å². The molecule has 0 saturated carbocycles. The summed E-state index contributed by atoms with van der Waals surface area (Å²) in [5.41, 5.74) is 4.02. The Bertz CT molecular complexity index is 933. The van der Waals surface area contributed by atoms with Crippen LogP contribution in [0.4, 0.5) is 0 Å². The van der Waals surface area contributed by atoms with Gasteiger partial charge in [0.25, 0.3) is 0 Å². The molecule has 0 saturated heterocycles. The van der Waals surface area contributed by atoms with Crippen LogP contribution in [0.2, 0.25) is 5.02 Å². The van der Waals surface area contributed by atoms with Crippen LogP contribution in [0, 0.1) is 0 Å². The van der Waals surface area contributed by atoms with E-state index in [9.17, 15) is 0 Å². The van der Waals surface area contributed by atoms with Gasteiger partial charge in [-0.1, -0.05) is 86.8 Å². The monoisotopic (exact) mass is 467 g/mol. The number of hydrogen-bond acceptors (Lipinski definition) is 4. The maximum Gasteiger partial charge on any atom is 0.117 e. The molecule has 0 bridgehead atoms. The van der Waals surface area contributed by atoms with Crippen LogP contribution in [-0.4, -0.2) is 46.1 Å². The third kappa shape index (κ3) is 8.26. The lowest BCUT2D eigenvalue weighted by Crippen LogP contribution is -2.29. The molecular formula is C27H38ClN5. The lowest BCUT2D eigenvalue weighted by molar-refractivity contribution is 0.261. The summed E-state index contributed by atoms with van der Waals surface area (Å²) < 4.78 is 0. The second-order valence-electron chi connectivity index (χ2n) is 8.56. The average Bonchev–Trinajstić information content (AvgIpc) is 3.24. The van der Waals surface area contributed by atoms with E-state index in [-0.39, 0.29) is 0 Å². The third-order valence-electron chi connectivity index (χ3n) is 5.82. The predicted octanol–water partition coefficient (Wildman–Crippen LogP) is 6.03. The summed E-state index contributed by atoms with van der Waals surface area (Å²) in [6, 6.07) is 18.2. The lowest BCUT2D eigenvalue weighted by Gasteiger charge is -2.21. The van der Waals surface area contributed by atoms with E-state index in [0.29, 0.717) is 13.1 Å². The van der Waals surface area contributed by atoms with E-state index in [1.807, 2.05) is 42.5 Å². The zero-order valence-electron chi connectivity index (χ0n) is 20.1. The highest BCUT2D eigenvalue weighted by atomic mass is 35.5. The van der Waals surface area contributed by atoms with E-state index in [1.54, 1.807) is 4.80 Å². The number of benzene rings is 2. The van der Waals surface area contributed by atoms with Crippen molar-refractivity contribution in [2.75, 3.05) is 26.2 Å². The minimum atomic E-state index is 0.559. The number of nitrogens with one attached hydrogen (secondary N) is 1. The van der Waals surface area contributed by atoms with E-state index in [4.69, 9.17) is 21.8 Å². The van der Waals surface area contributed by atoms with Gasteiger partial charge in [-0.05, 0) is 57.1 Å². The van der Waals surface area contributed by atoms with Gasteiger partial charge >= 0.3 is 0 Å². The Kier molecular flexibility index (Phi) is 10.9. The normalized spacial score (nSPS) is 11.4. The van der Waals surface area contributed by atoms with E-state index >= 15 is 0 Å². The van der Waals surface area contributed by atoms with Crippen LogP contribution in [0.3, 0.4) is 0 Å². The van der Waals surface area contributed by atoms with Crippen LogP contribution in [0.1, 0.15) is 57.2 Å². The Labute approximate surface area is 204 Å². The largest absolute Gasteiger partial charge is 0.311 e. The van der Waals surface area contributed by atoms with Crippen LogP contribution >= 0.6 is 11.6 Å². The molecule has 0 radical (unpaired) electrons. The quantitative estimate of drug-likeness (QED) is 0.277. The van der Waals surface area contributed by atoms with Crippen molar-refractivity contribution in [2.45, 2.75) is 59.0 Å². The molecule has 0 fully saturated rings. The summed E-state index contributed by atoms with van der Waals surface area (Å²) >= 11 is 6.36. The molecule has 0 spiro atoms. The first-order chi connectivity index (χ1) is 16.2. The van der Waals surface area contributed by atoms with Gasteiger partial charge in [0.05, 0.1) is 6.54 Å². The highest BCUT2D eigenvalue weighted by molar-refractivity contribution is 6.31. The van der Waals surface area contributed by atoms with Gasteiger partial charge < -0.3 is 10.2 Å². The highest BCUT2D eigenvalue weighted by Crippen LogP contribution is 2.21. The van der Waals surface area contributed by atoms with Gasteiger partial charge in [0.1, 0.15) is 11.4 Å². The van der Waals surface area contributed by atoms with Crippen LogP contribution in [0.15, 0.2) is 54.6 Å². The van der Waals surface area contributed by atoms with Crippen molar-refractivity contribution in [1.82, 2.24) is 25.2 Å². The maximum absolute atomic E-state index is 6.36. The minimum absolute atomic E-state index is 0.559. The van der Waals surface area contributed by atoms with Gasteiger partial charge in [0.15, 0.2) is 0 Å². The lowest BCUT2D eigenvalue weighted by atomic mass is 10.1. The molecule has 3 aromatic rings. The van der Waals surface area contributed by atoms with Crippen molar-refractivity contribution in [2.24, 2.45) is 0 Å².